The van der Waals surface area contributed by atoms with E-state index < -0.39 is 0 Å². The number of hydrogen-bond acceptors (Lipinski definition) is 5. The van der Waals surface area contributed by atoms with E-state index in [1.807, 2.05) is 42.5 Å². The molecule has 3 aromatic rings. The molecule has 0 aliphatic carbocycles. The number of methoxy groups -OCH3 is 1. The van der Waals surface area contributed by atoms with Gasteiger partial charge in [-0.05, 0) is 35.4 Å². The molecule has 6 heteroatoms. The molecule has 2 aromatic carbocycles. The Labute approximate surface area is 149 Å². The molecule has 0 saturated heterocycles. The van der Waals surface area contributed by atoms with E-state index in [-0.39, 0.29) is 5.91 Å². The van der Waals surface area contributed by atoms with Crippen LogP contribution in [-0.2, 0) is 22.7 Å². The van der Waals surface area contributed by atoms with Crippen molar-refractivity contribution < 1.29 is 14.3 Å². The van der Waals surface area contributed by atoms with Gasteiger partial charge in [-0.3, -0.25) is 9.69 Å². The lowest BCUT2D eigenvalue weighted by Crippen LogP contribution is -2.34. The second-order valence-corrected chi connectivity index (χ2v) is 6.90. The molecule has 0 N–H and O–H groups in total. The number of fused-ring (bicyclic) bond motifs is 2. The molecule has 1 aliphatic heterocycles. The third-order valence-corrected chi connectivity index (χ3v) is 5.31. The van der Waals surface area contributed by atoms with Crippen LogP contribution in [0.4, 0.5) is 5.13 Å². The number of thiazole rings is 1. The van der Waals surface area contributed by atoms with Crippen molar-refractivity contribution >= 4 is 32.6 Å². The SMILES string of the molecule is COCCN(C(=O)c1ccc2c(c1)COC2)c1nc2ccccc2s1. The van der Waals surface area contributed by atoms with E-state index in [1.54, 1.807) is 12.0 Å². The van der Waals surface area contributed by atoms with Gasteiger partial charge in [0.25, 0.3) is 5.91 Å². The Morgan fingerprint density at radius 1 is 1.24 bits per heavy atom. The highest BCUT2D eigenvalue weighted by Crippen LogP contribution is 2.30. The average Bonchev–Trinajstić information content (AvgIpc) is 3.27. The molecule has 0 atom stereocenters. The number of nitrogens with zero attached hydrogens (tertiary/aromatic N) is 2. The number of carbonyl (C=O) groups is 1. The number of amides is 1. The summed E-state index contributed by atoms with van der Waals surface area (Å²) in [5, 5.41) is 0.694. The smallest absolute Gasteiger partial charge is 0.260 e. The average molecular weight is 354 g/mol. The molecule has 0 unspecified atom stereocenters. The molecule has 1 aliphatic rings. The summed E-state index contributed by atoms with van der Waals surface area (Å²) in [6.07, 6.45) is 0. The molecule has 0 spiro atoms. The Morgan fingerprint density at radius 3 is 2.92 bits per heavy atom. The van der Waals surface area contributed by atoms with E-state index in [0.29, 0.717) is 37.1 Å². The summed E-state index contributed by atoms with van der Waals surface area (Å²) in [6.45, 7) is 2.10. The van der Waals surface area contributed by atoms with Crippen LogP contribution in [0.1, 0.15) is 21.5 Å². The zero-order valence-electron chi connectivity index (χ0n) is 13.9. The Balaban J connectivity index is 1.69. The summed E-state index contributed by atoms with van der Waals surface area (Å²) in [5.41, 5.74) is 3.79. The number of aromatic nitrogens is 1. The molecule has 1 amide bonds. The number of hydrogen-bond donors (Lipinski definition) is 0. The third kappa shape index (κ3) is 3.16. The van der Waals surface area contributed by atoms with Crippen molar-refractivity contribution in [1.82, 2.24) is 4.98 Å². The largest absolute Gasteiger partial charge is 0.383 e. The molecule has 0 bridgehead atoms. The van der Waals surface area contributed by atoms with Crippen molar-refractivity contribution in [2.75, 3.05) is 25.2 Å². The first-order chi connectivity index (χ1) is 12.3. The summed E-state index contributed by atoms with van der Waals surface area (Å²) >= 11 is 1.52. The van der Waals surface area contributed by atoms with Gasteiger partial charge in [-0.15, -0.1) is 0 Å². The number of carbonyl (C=O) groups excluding carboxylic acids is 1. The van der Waals surface area contributed by atoms with Crippen molar-refractivity contribution in [1.29, 1.82) is 0 Å². The van der Waals surface area contributed by atoms with Gasteiger partial charge in [0.05, 0.1) is 36.6 Å². The quantitative estimate of drug-likeness (QED) is 0.702. The standard InChI is InChI=1S/C19H18N2O3S/c1-23-9-8-21(19-20-16-4-2-3-5-17(16)25-19)18(22)13-6-7-14-11-24-12-15(14)10-13/h2-7,10H,8-9,11-12H2,1H3. The third-order valence-electron chi connectivity index (χ3n) is 4.25. The van der Waals surface area contributed by atoms with E-state index >= 15 is 0 Å². The van der Waals surface area contributed by atoms with Crippen LogP contribution in [-0.4, -0.2) is 31.2 Å². The predicted molar refractivity (Wildman–Crippen MR) is 98.1 cm³/mol. The van der Waals surface area contributed by atoms with E-state index in [4.69, 9.17) is 9.47 Å². The fourth-order valence-electron chi connectivity index (χ4n) is 2.90. The van der Waals surface area contributed by atoms with Crippen LogP contribution >= 0.6 is 11.3 Å². The van der Waals surface area contributed by atoms with Gasteiger partial charge in [-0.1, -0.05) is 29.5 Å². The normalized spacial score (nSPS) is 13.2. The van der Waals surface area contributed by atoms with Gasteiger partial charge in [0.2, 0.25) is 0 Å². The van der Waals surface area contributed by atoms with Gasteiger partial charge >= 0.3 is 0 Å². The molecule has 0 saturated carbocycles. The molecule has 0 radical (unpaired) electrons. The molecule has 4 rings (SSSR count). The summed E-state index contributed by atoms with van der Waals surface area (Å²) in [5.74, 6) is -0.0641. The van der Waals surface area contributed by atoms with Crippen LogP contribution in [0.15, 0.2) is 42.5 Å². The number of ether oxygens (including phenoxy) is 2. The fourth-order valence-corrected chi connectivity index (χ4v) is 3.89. The van der Waals surface area contributed by atoms with E-state index in [9.17, 15) is 4.79 Å². The summed E-state index contributed by atoms with van der Waals surface area (Å²) in [7, 11) is 1.63. The van der Waals surface area contributed by atoms with Crippen LogP contribution in [0.25, 0.3) is 10.2 Å². The number of benzene rings is 2. The minimum Gasteiger partial charge on any atom is -0.383 e. The van der Waals surface area contributed by atoms with Gasteiger partial charge in [0, 0.05) is 12.7 Å². The van der Waals surface area contributed by atoms with Gasteiger partial charge in [-0.25, -0.2) is 4.98 Å². The first kappa shape index (κ1) is 16.2. The minimum absolute atomic E-state index is 0.0641. The first-order valence-electron chi connectivity index (χ1n) is 8.12. The van der Waals surface area contributed by atoms with E-state index in [2.05, 4.69) is 4.98 Å². The number of para-hydroxylation sites is 1. The van der Waals surface area contributed by atoms with Crippen molar-refractivity contribution in [2.24, 2.45) is 0 Å². The lowest BCUT2D eigenvalue weighted by molar-refractivity contribution is 0.0975. The van der Waals surface area contributed by atoms with Crippen LogP contribution in [0, 0.1) is 0 Å². The van der Waals surface area contributed by atoms with E-state index in [0.717, 1.165) is 21.3 Å². The topological polar surface area (TPSA) is 51.7 Å². The molecular formula is C19H18N2O3S. The highest BCUT2D eigenvalue weighted by Gasteiger charge is 2.22. The van der Waals surface area contributed by atoms with Crippen LogP contribution < -0.4 is 4.90 Å². The Kier molecular flexibility index (Phi) is 4.48. The molecule has 2 heterocycles. The zero-order valence-corrected chi connectivity index (χ0v) is 14.7. The van der Waals surface area contributed by atoms with Crippen LogP contribution in [0.5, 0.6) is 0 Å². The van der Waals surface area contributed by atoms with Crippen LogP contribution in [0.2, 0.25) is 0 Å². The Hall–Kier alpha value is -2.28. The van der Waals surface area contributed by atoms with Crippen molar-refractivity contribution in [3.05, 3.63) is 59.2 Å². The molecule has 128 valence electrons. The van der Waals surface area contributed by atoms with Crippen molar-refractivity contribution in [3.8, 4) is 0 Å². The van der Waals surface area contributed by atoms with Gasteiger partial charge in [0.15, 0.2) is 5.13 Å². The Morgan fingerprint density at radius 2 is 2.08 bits per heavy atom. The van der Waals surface area contributed by atoms with Gasteiger partial charge in [0.1, 0.15) is 0 Å². The first-order valence-corrected chi connectivity index (χ1v) is 8.94. The van der Waals surface area contributed by atoms with Crippen molar-refractivity contribution in [3.63, 3.8) is 0 Å². The second-order valence-electron chi connectivity index (χ2n) is 5.89. The monoisotopic (exact) mass is 354 g/mol. The maximum Gasteiger partial charge on any atom is 0.260 e. The predicted octanol–water partition coefficient (Wildman–Crippen LogP) is 3.62. The lowest BCUT2D eigenvalue weighted by Gasteiger charge is -2.19. The number of rotatable bonds is 5. The molecule has 5 nitrogen and oxygen atoms in total. The van der Waals surface area contributed by atoms with E-state index in [1.165, 1.54) is 11.3 Å². The van der Waals surface area contributed by atoms with Gasteiger partial charge < -0.3 is 9.47 Å². The molecule has 1 aromatic heterocycles. The second kappa shape index (κ2) is 6.92. The highest BCUT2D eigenvalue weighted by atomic mass is 32.1. The van der Waals surface area contributed by atoms with Gasteiger partial charge in [-0.2, -0.15) is 0 Å². The number of anilines is 1. The summed E-state index contributed by atoms with van der Waals surface area (Å²) in [6, 6.07) is 13.7. The summed E-state index contributed by atoms with van der Waals surface area (Å²) < 4.78 is 11.7. The highest BCUT2D eigenvalue weighted by molar-refractivity contribution is 7.22. The van der Waals surface area contributed by atoms with Crippen LogP contribution in [0.3, 0.4) is 0 Å². The maximum atomic E-state index is 13.1. The lowest BCUT2D eigenvalue weighted by atomic mass is 10.1. The minimum atomic E-state index is -0.0641. The Bertz CT molecular complexity index is 889. The fraction of sp³-hybridized carbons (Fsp3) is 0.263. The maximum absolute atomic E-state index is 13.1. The summed E-state index contributed by atoms with van der Waals surface area (Å²) in [4.78, 5) is 19.5. The van der Waals surface area contributed by atoms with Crippen molar-refractivity contribution in [2.45, 2.75) is 13.2 Å². The molecular weight excluding hydrogens is 336 g/mol. The molecule has 0 fully saturated rings. The zero-order chi connectivity index (χ0) is 17.2. The molecule has 25 heavy (non-hydrogen) atoms.